The van der Waals surface area contributed by atoms with Crippen LogP contribution in [-0.2, 0) is 4.74 Å². The molecule has 19 heavy (non-hydrogen) atoms. The Morgan fingerprint density at radius 3 is 2.16 bits per heavy atom. The zero-order valence-electron chi connectivity index (χ0n) is 13.7. The molecule has 0 aromatic carbocycles. The average Bonchev–Trinajstić information content (AvgIpc) is 2.21. The van der Waals surface area contributed by atoms with E-state index in [4.69, 9.17) is 4.74 Å². The highest BCUT2D eigenvalue weighted by Gasteiger charge is 2.20. The molecule has 0 saturated carbocycles. The van der Waals surface area contributed by atoms with Crippen molar-refractivity contribution in [2.45, 2.75) is 79.8 Å². The van der Waals surface area contributed by atoms with Crippen LogP contribution in [0.25, 0.3) is 0 Å². The Balaban J connectivity index is 4.95. The van der Waals surface area contributed by atoms with E-state index in [0.717, 1.165) is 31.4 Å². The number of hydrogen-bond donors (Lipinski definition) is 0. The molecule has 3 nitrogen and oxygen atoms in total. The second-order valence-corrected chi connectivity index (χ2v) is 6.58. The molecule has 112 valence electrons. The molecule has 0 aliphatic rings. The van der Waals surface area contributed by atoms with Gasteiger partial charge in [0.25, 0.3) is 0 Å². The molecule has 1 atom stereocenters. The van der Waals surface area contributed by atoms with Crippen molar-refractivity contribution in [1.29, 1.82) is 0 Å². The standard InChI is InChI=1S/C16H31NO2/c1-8-10-13(9-2)14(11-12(3)4)17-15(18)19-16(5,6)7/h12-13H,8-11H2,1-7H3. The minimum atomic E-state index is -0.476. The van der Waals surface area contributed by atoms with Crippen molar-refractivity contribution in [2.75, 3.05) is 0 Å². The zero-order chi connectivity index (χ0) is 15.1. The topological polar surface area (TPSA) is 38.7 Å². The SMILES string of the molecule is CCCC(CC)C(CC(C)C)=NC(=O)OC(C)(C)C. The summed E-state index contributed by atoms with van der Waals surface area (Å²) in [6.07, 6.45) is 3.66. The Labute approximate surface area is 118 Å². The fourth-order valence-corrected chi connectivity index (χ4v) is 2.08. The van der Waals surface area contributed by atoms with Gasteiger partial charge < -0.3 is 4.74 Å². The van der Waals surface area contributed by atoms with E-state index >= 15 is 0 Å². The highest BCUT2D eigenvalue weighted by Crippen LogP contribution is 2.19. The van der Waals surface area contributed by atoms with Gasteiger partial charge in [0, 0.05) is 5.71 Å². The highest BCUT2D eigenvalue weighted by molar-refractivity contribution is 5.95. The van der Waals surface area contributed by atoms with E-state index in [1.54, 1.807) is 0 Å². The number of amides is 1. The van der Waals surface area contributed by atoms with E-state index in [9.17, 15) is 4.79 Å². The summed E-state index contributed by atoms with van der Waals surface area (Å²) in [6.45, 7) is 14.2. The lowest BCUT2D eigenvalue weighted by atomic mass is 9.90. The second kappa shape index (κ2) is 8.34. The summed E-state index contributed by atoms with van der Waals surface area (Å²) in [5.41, 5.74) is 0.532. The molecule has 0 heterocycles. The van der Waals surface area contributed by atoms with Crippen molar-refractivity contribution < 1.29 is 9.53 Å². The Morgan fingerprint density at radius 2 is 1.79 bits per heavy atom. The summed E-state index contributed by atoms with van der Waals surface area (Å²) in [6, 6.07) is 0. The average molecular weight is 269 g/mol. The van der Waals surface area contributed by atoms with Crippen LogP contribution in [0, 0.1) is 11.8 Å². The van der Waals surface area contributed by atoms with Crippen molar-refractivity contribution in [3.8, 4) is 0 Å². The number of carbonyl (C=O) groups excluding carboxylic acids is 1. The summed E-state index contributed by atoms with van der Waals surface area (Å²) in [7, 11) is 0. The molecule has 0 spiro atoms. The zero-order valence-corrected chi connectivity index (χ0v) is 13.7. The minimum Gasteiger partial charge on any atom is -0.442 e. The molecule has 0 rings (SSSR count). The lowest BCUT2D eigenvalue weighted by molar-refractivity contribution is 0.0603. The van der Waals surface area contributed by atoms with Crippen LogP contribution in [0.3, 0.4) is 0 Å². The van der Waals surface area contributed by atoms with E-state index in [-0.39, 0.29) is 0 Å². The Bertz CT molecular complexity index is 300. The third-order valence-corrected chi connectivity index (χ3v) is 2.85. The Hall–Kier alpha value is -0.860. The number of ether oxygens (including phenoxy) is 1. The summed E-state index contributed by atoms with van der Waals surface area (Å²) in [5, 5.41) is 0. The van der Waals surface area contributed by atoms with Gasteiger partial charge in [-0.05, 0) is 51.9 Å². The Kier molecular flexibility index (Phi) is 7.96. The third kappa shape index (κ3) is 8.79. The predicted molar refractivity (Wildman–Crippen MR) is 81.8 cm³/mol. The van der Waals surface area contributed by atoms with Gasteiger partial charge in [0.2, 0.25) is 0 Å². The van der Waals surface area contributed by atoms with Crippen LogP contribution in [0.1, 0.15) is 74.1 Å². The van der Waals surface area contributed by atoms with Crippen LogP contribution < -0.4 is 0 Å². The molecular formula is C16H31NO2. The van der Waals surface area contributed by atoms with Crippen LogP contribution in [0.15, 0.2) is 4.99 Å². The lowest BCUT2D eigenvalue weighted by Crippen LogP contribution is -2.24. The van der Waals surface area contributed by atoms with Crippen LogP contribution in [0.5, 0.6) is 0 Å². The molecule has 1 unspecified atom stereocenters. The first kappa shape index (κ1) is 18.1. The summed E-state index contributed by atoms with van der Waals surface area (Å²) in [5.74, 6) is 0.909. The van der Waals surface area contributed by atoms with E-state index in [2.05, 4.69) is 32.7 Å². The lowest BCUT2D eigenvalue weighted by Gasteiger charge is -2.21. The first-order valence-corrected chi connectivity index (χ1v) is 7.50. The van der Waals surface area contributed by atoms with Crippen LogP contribution in [0.2, 0.25) is 0 Å². The monoisotopic (exact) mass is 269 g/mol. The summed E-state index contributed by atoms with van der Waals surface area (Å²) >= 11 is 0. The van der Waals surface area contributed by atoms with Crippen LogP contribution >= 0.6 is 0 Å². The maximum Gasteiger partial charge on any atom is 0.434 e. The van der Waals surface area contributed by atoms with Crippen LogP contribution in [-0.4, -0.2) is 17.4 Å². The molecule has 3 heteroatoms. The Morgan fingerprint density at radius 1 is 1.21 bits per heavy atom. The predicted octanol–water partition coefficient (Wildman–Crippen LogP) is 5.23. The maximum atomic E-state index is 11.9. The van der Waals surface area contributed by atoms with E-state index in [0.29, 0.717) is 11.8 Å². The molecule has 0 N–H and O–H groups in total. The molecule has 1 amide bonds. The number of nitrogens with zero attached hydrogens (tertiary/aromatic N) is 1. The fraction of sp³-hybridized carbons (Fsp3) is 0.875. The number of hydrogen-bond acceptors (Lipinski definition) is 2. The fourth-order valence-electron chi connectivity index (χ4n) is 2.08. The molecule has 0 aromatic heterocycles. The summed E-state index contributed by atoms with van der Waals surface area (Å²) in [4.78, 5) is 16.1. The van der Waals surface area contributed by atoms with Gasteiger partial charge in [0.15, 0.2) is 0 Å². The molecule has 0 radical (unpaired) electrons. The smallest absolute Gasteiger partial charge is 0.434 e. The van der Waals surface area contributed by atoms with Gasteiger partial charge in [0.1, 0.15) is 5.60 Å². The molecule has 0 aliphatic carbocycles. The normalized spacial score (nSPS) is 14.6. The molecule has 0 saturated heterocycles. The molecule has 0 fully saturated rings. The third-order valence-electron chi connectivity index (χ3n) is 2.85. The first-order chi connectivity index (χ1) is 8.69. The van der Waals surface area contributed by atoms with E-state index in [1.165, 1.54) is 0 Å². The molecule has 0 aliphatic heterocycles. The number of aliphatic imine (C=N–C) groups is 1. The van der Waals surface area contributed by atoms with Gasteiger partial charge in [-0.25, -0.2) is 4.79 Å². The van der Waals surface area contributed by atoms with Crippen molar-refractivity contribution in [2.24, 2.45) is 16.8 Å². The van der Waals surface area contributed by atoms with Gasteiger partial charge >= 0.3 is 6.09 Å². The van der Waals surface area contributed by atoms with Crippen molar-refractivity contribution in [1.82, 2.24) is 0 Å². The molecule has 0 aromatic rings. The van der Waals surface area contributed by atoms with E-state index < -0.39 is 11.7 Å². The maximum absolute atomic E-state index is 11.9. The van der Waals surface area contributed by atoms with Crippen LogP contribution in [0.4, 0.5) is 4.79 Å². The van der Waals surface area contributed by atoms with Gasteiger partial charge in [-0.15, -0.1) is 0 Å². The quantitative estimate of drug-likeness (QED) is 0.619. The van der Waals surface area contributed by atoms with Crippen molar-refractivity contribution in [3.05, 3.63) is 0 Å². The molecule has 0 bridgehead atoms. The van der Waals surface area contributed by atoms with Gasteiger partial charge in [-0.2, -0.15) is 4.99 Å². The number of carbonyl (C=O) groups is 1. The minimum absolute atomic E-state index is 0.403. The number of rotatable bonds is 6. The second-order valence-electron chi connectivity index (χ2n) is 6.58. The summed E-state index contributed by atoms with van der Waals surface area (Å²) < 4.78 is 5.30. The van der Waals surface area contributed by atoms with Crippen molar-refractivity contribution >= 4 is 11.8 Å². The van der Waals surface area contributed by atoms with Gasteiger partial charge in [-0.3, -0.25) is 0 Å². The van der Waals surface area contributed by atoms with Gasteiger partial charge in [0.05, 0.1) is 0 Å². The van der Waals surface area contributed by atoms with Gasteiger partial charge in [-0.1, -0.05) is 34.1 Å². The molecular weight excluding hydrogens is 238 g/mol. The first-order valence-electron chi connectivity index (χ1n) is 7.50. The highest BCUT2D eigenvalue weighted by atomic mass is 16.6. The van der Waals surface area contributed by atoms with E-state index in [1.807, 2.05) is 20.8 Å². The largest absolute Gasteiger partial charge is 0.442 e. The van der Waals surface area contributed by atoms with Crippen molar-refractivity contribution in [3.63, 3.8) is 0 Å².